The minimum Gasteiger partial charge on any atom is -0.0622 e. The van der Waals surface area contributed by atoms with Gasteiger partial charge in [-0.3, -0.25) is 0 Å². The molecule has 0 amide bonds. The van der Waals surface area contributed by atoms with Crippen LogP contribution >= 0.6 is 0 Å². The van der Waals surface area contributed by atoms with Crippen molar-refractivity contribution in [1.82, 2.24) is 0 Å². The van der Waals surface area contributed by atoms with Gasteiger partial charge in [0, 0.05) is 0 Å². The summed E-state index contributed by atoms with van der Waals surface area (Å²) in [4.78, 5) is 0. The quantitative estimate of drug-likeness (QED) is 0.168. The Kier molecular flexibility index (Phi) is 3.27. The second kappa shape index (κ2) is 5.94. The summed E-state index contributed by atoms with van der Waals surface area (Å²) in [6.45, 7) is 0. The molecule has 0 unspecified atom stereocenters. The van der Waals surface area contributed by atoms with E-state index in [-0.39, 0.29) is 0 Å². The second-order valence-electron chi connectivity index (χ2n) is 7.38. The van der Waals surface area contributed by atoms with E-state index in [9.17, 15) is 0 Å². The number of fused-ring (bicyclic) bond motifs is 2. The molecule has 6 rings (SSSR count). The Morgan fingerprint density at radius 1 is 0.393 bits per heavy atom. The summed E-state index contributed by atoms with van der Waals surface area (Å²) in [6, 6.07) is 35.0. The molecule has 0 aliphatic rings. The molecule has 0 heterocycles. The van der Waals surface area contributed by atoms with Gasteiger partial charge in [0.2, 0.25) is 0 Å². The maximum atomic E-state index is 2.29. The molecule has 0 heteroatoms. The van der Waals surface area contributed by atoms with Crippen molar-refractivity contribution in [2.45, 2.75) is 0 Å². The Morgan fingerprint density at radius 2 is 1.07 bits per heavy atom. The molecule has 0 bridgehead atoms. The van der Waals surface area contributed by atoms with Crippen LogP contribution in [0.25, 0.3) is 55.2 Å². The third-order valence-electron chi connectivity index (χ3n) is 5.82. The Labute approximate surface area is 163 Å². The Bertz CT molecular complexity index is 1470. The number of rotatable bonds is 2. The van der Waals surface area contributed by atoms with Crippen molar-refractivity contribution in [3.63, 3.8) is 0 Å². The first-order chi connectivity index (χ1) is 13.9. The predicted octanol–water partition coefficient (Wildman–Crippen LogP) is 7.91. The highest BCUT2D eigenvalue weighted by Crippen LogP contribution is 2.41. The van der Waals surface area contributed by atoms with Crippen LogP contribution in [0, 0.1) is 0 Å². The number of hydrogen-bond acceptors (Lipinski definition) is 0. The Balaban J connectivity index is 1.80. The van der Waals surface area contributed by atoms with Crippen LogP contribution in [0.3, 0.4) is 0 Å². The summed E-state index contributed by atoms with van der Waals surface area (Å²) in [5.74, 6) is 0. The predicted molar refractivity (Wildman–Crippen MR) is 123 cm³/mol. The smallest absolute Gasteiger partial charge is 0.00143 e. The lowest BCUT2D eigenvalue weighted by Gasteiger charge is -2.16. The standard InChI is InChI=1S/C28H18/c1-2-7-19(8-3-1)13-16-24-22-11-4-5-12-23(22)25-17-14-20-9-6-10-21-15-18-26(24)28(25)27(20)21/h1-18H. The molecule has 130 valence electrons. The van der Waals surface area contributed by atoms with Crippen LogP contribution in [-0.2, 0) is 0 Å². The summed E-state index contributed by atoms with van der Waals surface area (Å²) in [5, 5.41) is 10.7. The van der Waals surface area contributed by atoms with Crippen molar-refractivity contribution in [2.75, 3.05) is 0 Å². The van der Waals surface area contributed by atoms with Crippen molar-refractivity contribution in [1.29, 1.82) is 0 Å². The molecule has 6 aromatic rings. The molecule has 28 heavy (non-hydrogen) atoms. The average molecular weight is 354 g/mol. The Morgan fingerprint density at radius 3 is 1.86 bits per heavy atom. The van der Waals surface area contributed by atoms with Crippen molar-refractivity contribution in [3.8, 4) is 0 Å². The van der Waals surface area contributed by atoms with Crippen molar-refractivity contribution >= 4 is 55.2 Å². The average Bonchev–Trinajstić information content (AvgIpc) is 2.77. The van der Waals surface area contributed by atoms with E-state index in [1.54, 1.807) is 0 Å². The monoisotopic (exact) mass is 354 g/mol. The van der Waals surface area contributed by atoms with E-state index in [0.29, 0.717) is 0 Å². The van der Waals surface area contributed by atoms with E-state index in [4.69, 9.17) is 0 Å². The minimum atomic E-state index is 1.22. The normalized spacial score (nSPS) is 12.1. The Hall–Kier alpha value is -3.64. The molecule has 0 radical (unpaired) electrons. The fourth-order valence-corrected chi connectivity index (χ4v) is 4.55. The zero-order valence-electron chi connectivity index (χ0n) is 15.4. The van der Waals surface area contributed by atoms with Gasteiger partial charge in [0.05, 0.1) is 0 Å². The third kappa shape index (κ3) is 2.18. The number of benzene rings is 6. The molecule has 0 fully saturated rings. The summed E-state index contributed by atoms with van der Waals surface area (Å²) in [6.07, 6.45) is 4.50. The summed E-state index contributed by atoms with van der Waals surface area (Å²) in [7, 11) is 0. The largest absolute Gasteiger partial charge is 0.0622 e. The maximum Gasteiger partial charge on any atom is -0.00143 e. The fourth-order valence-electron chi connectivity index (χ4n) is 4.55. The van der Waals surface area contributed by atoms with Crippen molar-refractivity contribution < 1.29 is 0 Å². The molecule has 0 aliphatic heterocycles. The fraction of sp³-hybridized carbons (Fsp3) is 0. The first-order valence-corrected chi connectivity index (χ1v) is 9.71. The van der Waals surface area contributed by atoms with Gasteiger partial charge >= 0.3 is 0 Å². The molecule has 0 aromatic heterocycles. The molecule has 0 atom stereocenters. The number of hydrogen-bond donors (Lipinski definition) is 0. The zero-order valence-corrected chi connectivity index (χ0v) is 15.4. The zero-order chi connectivity index (χ0) is 18.5. The summed E-state index contributed by atoms with van der Waals surface area (Å²) in [5.41, 5.74) is 2.52. The highest BCUT2D eigenvalue weighted by atomic mass is 14.2. The topological polar surface area (TPSA) is 0 Å². The SMILES string of the molecule is C(=Cc1c2ccccc2c2ccc3cccc4ccc1c2c43)c1ccccc1. The van der Waals surface area contributed by atoms with E-state index in [1.165, 1.54) is 54.2 Å². The first-order valence-electron chi connectivity index (χ1n) is 9.71. The van der Waals surface area contributed by atoms with Crippen LogP contribution in [-0.4, -0.2) is 0 Å². The van der Waals surface area contributed by atoms with Crippen LogP contribution in [0.15, 0.2) is 97.1 Å². The van der Waals surface area contributed by atoms with Gasteiger partial charge in [0.25, 0.3) is 0 Å². The highest BCUT2D eigenvalue weighted by molar-refractivity contribution is 6.31. The molecular weight excluding hydrogens is 336 g/mol. The van der Waals surface area contributed by atoms with Crippen LogP contribution in [0.4, 0.5) is 0 Å². The van der Waals surface area contributed by atoms with Gasteiger partial charge in [-0.1, -0.05) is 109 Å². The van der Waals surface area contributed by atoms with E-state index in [2.05, 4.69) is 109 Å². The lowest BCUT2D eigenvalue weighted by molar-refractivity contribution is 1.67. The van der Waals surface area contributed by atoms with Crippen LogP contribution in [0.5, 0.6) is 0 Å². The van der Waals surface area contributed by atoms with Gasteiger partial charge in [-0.2, -0.15) is 0 Å². The molecular formula is C28H18. The van der Waals surface area contributed by atoms with E-state index >= 15 is 0 Å². The first kappa shape index (κ1) is 15.4. The van der Waals surface area contributed by atoms with Crippen LogP contribution in [0.2, 0.25) is 0 Å². The molecule has 0 saturated heterocycles. The van der Waals surface area contributed by atoms with Gasteiger partial charge in [-0.25, -0.2) is 0 Å². The van der Waals surface area contributed by atoms with Crippen LogP contribution < -0.4 is 0 Å². The lowest BCUT2D eigenvalue weighted by atomic mass is 9.87. The highest BCUT2D eigenvalue weighted by Gasteiger charge is 2.14. The van der Waals surface area contributed by atoms with E-state index in [1.807, 2.05) is 0 Å². The molecule has 6 aromatic carbocycles. The van der Waals surface area contributed by atoms with Crippen molar-refractivity contribution in [2.24, 2.45) is 0 Å². The van der Waals surface area contributed by atoms with E-state index < -0.39 is 0 Å². The lowest BCUT2D eigenvalue weighted by Crippen LogP contribution is -1.89. The molecule has 0 spiro atoms. The second-order valence-corrected chi connectivity index (χ2v) is 7.38. The molecule has 0 nitrogen and oxygen atoms in total. The third-order valence-corrected chi connectivity index (χ3v) is 5.82. The van der Waals surface area contributed by atoms with Crippen molar-refractivity contribution in [3.05, 3.63) is 108 Å². The van der Waals surface area contributed by atoms with E-state index in [0.717, 1.165) is 0 Å². The maximum absolute atomic E-state index is 2.29. The van der Waals surface area contributed by atoms with Gasteiger partial charge in [-0.05, 0) is 54.2 Å². The van der Waals surface area contributed by atoms with Gasteiger partial charge in [0.1, 0.15) is 0 Å². The molecule has 0 saturated carbocycles. The molecule has 0 N–H and O–H groups in total. The van der Waals surface area contributed by atoms with Crippen LogP contribution in [0.1, 0.15) is 11.1 Å². The summed E-state index contributed by atoms with van der Waals surface area (Å²) >= 11 is 0. The molecule has 0 aliphatic carbocycles. The summed E-state index contributed by atoms with van der Waals surface area (Å²) < 4.78 is 0. The van der Waals surface area contributed by atoms with Gasteiger partial charge < -0.3 is 0 Å². The van der Waals surface area contributed by atoms with Gasteiger partial charge in [0.15, 0.2) is 0 Å². The van der Waals surface area contributed by atoms with Gasteiger partial charge in [-0.15, -0.1) is 0 Å². The minimum absolute atomic E-state index is 1.22.